The number of carbonyl (C=O) groups excluding carboxylic acids is 1. The number of rotatable bonds is 2. The van der Waals surface area contributed by atoms with Crippen LogP contribution in [0.3, 0.4) is 0 Å². The Bertz CT molecular complexity index is 253. The Balaban J connectivity index is 2.75. The molecule has 1 rings (SSSR count). The molecule has 1 N–H and O–H groups in total. The molecule has 1 amide bonds. The van der Waals surface area contributed by atoms with Crippen LogP contribution in [-0.4, -0.2) is 35.0 Å². The van der Waals surface area contributed by atoms with Gasteiger partial charge in [0.1, 0.15) is 0 Å². The van der Waals surface area contributed by atoms with Crippen LogP contribution >= 0.6 is 0 Å². The molecular weight excluding hydrogens is 200 g/mol. The van der Waals surface area contributed by atoms with Crippen LogP contribution in [0.1, 0.15) is 47.0 Å². The zero-order chi connectivity index (χ0) is 12.6. The standard InChI is InChI=1S/C13H25N2O/c1-7-11(16)14-10-8-12(2,3)15(6)13(4,5)9-10/h10H,1,7-9H2,2-6H3,(H,14,16). The fraction of sp³-hybridized carbons (Fsp3) is 0.846. The quantitative estimate of drug-likeness (QED) is 0.779. The van der Waals surface area contributed by atoms with Crippen molar-refractivity contribution in [2.75, 3.05) is 7.05 Å². The highest BCUT2D eigenvalue weighted by atomic mass is 16.1. The van der Waals surface area contributed by atoms with Gasteiger partial charge >= 0.3 is 0 Å². The summed E-state index contributed by atoms with van der Waals surface area (Å²) in [5.41, 5.74) is 0.252. The van der Waals surface area contributed by atoms with E-state index in [9.17, 15) is 4.79 Å². The molecule has 3 heteroatoms. The molecule has 1 saturated heterocycles. The van der Waals surface area contributed by atoms with Crippen molar-refractivity contribution in [3.8, 4) is 0 Å². The van der Waals surface area contributed by atoms with Crippen molar-refractivity contribution in [1.82, 2.24) is 10.2 Å². The summed E-state index contributed by atoms with van der Waals surface area (Å²) in [7, 11) is 2.17. The Kier molecular flexibility index (Phi) is 3.68. The number of nitrogens with zero attached hydrogens (tertiary/aromatic N) is 1. The molecule has 0 aliphatic carbocycles. The van der Waals surface area contributed by atoms with Crippen LogP contribution in [0.2, 0.25) is 0 Å². The van der Waals surface area contributed by atoms with E-state index in [0.717, 1.165) is 12.8 Å². The van der Waals surface area contributed by atoms with E-state index in [1.165, 1.54) is 0 Å². The Morgan fingerprint density at radius 1 is 1.31 bits per heavy atom. The van der Waals surface area contributed by atoms with Crippen molar-refractivity contribution in [1.29, 1.82) is 0 Å². The molecule has 0 aromatic rings. The first-order valence-electron chi connectivity index (χ1n) is 6.01. The highest BCUT2D eigenvalue weighted by molar-refractivity contribution is 5.76. The second kappa shape index (κ2) is 4.36. The maximum Gasteiger partial charge on any atom is 0.220 e. The minimum Gasteiger partial charge on any atom is -0.353 e. The SMILES string of the molecule is [CH2]CC(=O)NC1CC(C)(C)N(C)C(C)(C)C1. The second-order valence-corrected chi connectivity index (χ2v) is 6.11. The summed E-state index contributed by atoms with van der Waals surface area (Å²) in [5, 5.41) is 3.07. The van der Waals surface area contributed by atoms with Gasteiger partial charge in [-0.3, -0.25) is 9.69 Å². The van der Waals surface area contributed by atoms with Gasteiger partial charge in [0.05, 0.1) is 0 Å². The molecule has 0 saturated carbocycles. The number of likely N-dealkylation sites (tertiary alicyclic amines) is 1. The van der Waals surface area contributed by atoms with Gasteiger partial charge in [-0.15, -0.1) is 0 Å². The molecule has 1 radical (unpaired) electrons. The molecule has 1 heterocycles. The lowest BCUT2D eigenvalue weighted by Gasteiger charge is -2.53. The molecule has 1 aliphatic rings. The lowest BCUT2D eigenvalue weighted by molar-refractivity contribution is -0.122. The van der Waals surface area contributed by atoms with Gasteiger partial charge in [-0.1, -0.05) is 0 Å². The van der Waals surface area contributed by atoms with Crippen LogP contribution in [0, 0.1) is 6.92 Å². The van der Waals surface area contributed by atoms with Gasteiger partial charge in [0.15, 0.2) is 0 Å². The number of carbonyl (C=O) groups is 1. The normalized spacial score (nSPS) is 25.4. The van der Waals surface area contributed by atoms with Crippen molar-refractivity contribution in [3.63, 3.8) is 0 Å². The smallest absolute Gasteiger partial charge is 0.220 e. The van der Waals surface area contributed by atoms with Crippen molar-refractivity contribution in [3.05, 3.63) is 6.92 Å². The molecule has 3 nitrogen and oxygen atoms in total. The highest BCUT2D eigenvalue weighted by Gasteiger charge is 2.43. The molecule has 0 aromatic carbocycles. The van der Waals surface area contributed by atoms with Crippen LogP contribution in [-0.2, 0) is 4.79 Å². The van der Waals surface area contributed by atoms with Crippen molar-refractivity contribution >= 4 is 5.91 Å². The van der Waals surface area contributed by atoms with Crippen molar-refractivity contribution < 1.29 is 4.79 Å². The highest BCUT2D eigenvalue weighted by Crippen LogP contribution is 2.36. The van der Waals surface area contributed by atoms with Gasteiger partial charge in [-0.2, -0.15) is 0 Å². The molecule has 0 unspecified atom stereocenters. The van der Waals surface area contributed by atoms with E-state index in [1.54, 1.807) is 0 Å². The first-order valence-corrected chi connectivity index (χ1v) is 6.01. The summed E-state index contributed by atoms with van der Waals surface area (Å²) in [5.74, 6) is 0.0566. The third-order valence-electron chi connectivity index (χ3n) is 3.90. The van der Waals surface area contributed by atoms with Gasteiger partial charge < -0.3 is 5.32 Å². The van der Waals surface area contributed by atoms with Gasteiger partial charge in [0, 0.05) is 23.5 Å². The molecule has 1 aliphatic heterocycles. The van der Waals surface area contributed by atoms with E-state index in [2.05, 4.69) is 51.9 Å². The second-order valence-electron chi connectivity index (χ2n) is 6.11. The maximum absolute atomic E-state index is 11.4. The summed E-state index contributed by atoms with van der Waals surface area (Å²) in [6.07, 6.45) is 2.32. The van der Waals surface area contributed by atoms with Crippen LogP contribution in [0.5, 0.6) is 0 Å². The summed E-state index contributed by atoms with van der Waals surface area (Å²) < 4.78 is 0. The van der Waals surface area contributed by atoms with E-state index < -0.39 is 0 Å². The van der Waals surface area contributed by atoms with Crippen LogP contribution in [0.15, 0.2) is 0 Å². The van der Waals surface area contributed by atoms with Gasteiger partial charge in [0.2, 0.25) is 5.91 Å². The molecule has 0 bridgehead atoms. The zero-order valence-electron chi connectivity index (χ0n) is 11.3. The van der Waals surface area contributed by atoms with E-state index in [1.807, 2.05) is 0 Å². The Morgan fingerprint density at radius 2 is 1.75 bits per heavy atom. The third-order valence-corrected chi connectivity index (χ3v) is 3.90. The molecule has 1 fully saturated rings. The predicted octanol–water partition coefficient (Wildman–Crippen LogP) is 1.98. The van der Waals surface area contributed by atoms with E-state index in [4.69, 9.17) is 0 Å². The number of nitrogens with one attached hydrogen (secondary N) is 1. The average molecular weight is 225 g/mol. The van der Waals surface area contributed by atoms with Crippen LogP contribution in [0.4, 0.5) is 0 Å². The monoisotopic (exact) mass is 225 g/mol. The number of hydrogen-bond donors (Lipinski definition) is 1. The minimum absolute atomic E-state index is 0.0566. The van der Waals surface area contributed by atoms with E-state index in [-0.39, 0.29) is 23.0 Å². The third kappa shape index (κ3) is 2.76. The first kappa shape index (κ1) is 13.5. The van der Waals surface area contributed by atoms with Crippen LogP contribution in [0.25, 0.3) is 0 Å². The Labute approximate surface area is 99.6 Å². The van der Waals surface area contributed by atoms with E-state index >= 15 is 0 Å². The maximum atomic E-state index is 11.4. The molecular formula is C13H25N2O. The molecule has 0 aromatic heterocycles. The predicted molar refractivity (Wildman–Crippen MR) is 67.1 cm³/mol. The number of piperidine rings is 1. The van der Waals surface area contributed by atoms with Crippen LogP contribution < -0.4 is 5.32 Å². The molecule has 0 spiro atoms. The fourth-order valence-corrected chi connectivity index (χ4v) is 2.77. The molecule has 0 atom stereocenters. The van der Waals surface area contributed by atoms with E-state index in [0.29, 0.717) is 6.42 Å². The topological polar surface area (TPSA) is 32.3 Å². The van der Waals surface area contributed by atoms with Gasteiger partial charge in [-0.25, -0.2) is 0 Å². The molecule has 93 valence electrons. The van der Waals surface area contributed by atoms with Gasteiger partial charge in [-0.05, 0) is 54.5 Å². The zero-order valence-corrected chi connectivity index (χ0v) is 11.3. The number of amides is 1. The Morgan fingerprint density at radius 3 is 2.12 bits per heavy atom. The lowest BCUT2D eigenvalue weighted by atomic mass is 9.77. The van der Waals surface area contributed by atoms with Gasteiger partial charge in [0.25, 0.3) is 0 Å². The summed E-state index contributed by atoms with van der Waals surface area (Å²) in [6.45, 7) is 12.5. The fourth-order valence-electron chi connectivity index (χ4n) is 2.77. The minimum atomic E-state index is 0.0566. The summed E-state index contributed by atoms with van der Waals surface area (Å²) in [6, 6.07) is 0.274. The molecule has 16 heavy (non-hydrogen) atoms. The Hall–Kier alpha value is -0.570. The summed E-state index contributed by atoms with van der Waals surface area (Å²) >= 11 is 0. The average Bonchev–Trinajstić information content (AvgIpc) is 2.13. The van der Waals surface area contributed by atoms with Crippen molar-refractivity contribution in [2.24, 2.45) is 0 Å². The summed E-state index contributed by atoms with van der Waals surface area (Å²) in [4.78, 5) is 13.8. The first-order chi connectivity index (χ1) is 7.19. The lowest BCUT2D eigenvalue weighted by Crippen LogP contribution is -2.62. The number of hydrogen-bond acceptors (Lipinski definition) is 2. The van der Waals surface area contributed by atoms with Crippen molar-refractivity contribution in [2.45, 2.75) is 64.1 Å². The largest absolute Gasteiger partial charge is 0.353 e.